The Morgan fingerprint density at radius 2 is 1.81 bits per heavy atom. The highest BCUT2D eigenvalue weighted by Crippen LogP contribution is 2.20. The lowest BCUT2D eigenvalue weighted by Crippen LogP contribution is -2.17. The van der Waals surface area contributed by atoms with E-state index in [0.717, 1.165) is 12.1 Å². The molecule has 2 rings (SSSR count). The molecule has 0 fully saturated rings. The van der Waals surface area contributed by atoms with Gasteiger partial charge in [0.1, 0.15) is 29.8 Å². The van der Waals surface area contributed by atoms with Crippen LogP contribution in [0.25, 0.3) is 0 Å². The first kappa shape index (κ1) is 15.4. The van der Waals surface area contributed by atoms with Gasteiger partial charge in [0.2, 0.25) is 0 Å². The standard InChI is InChI=1S/C16H16F3NO/c1-10(20)4-11-5-14(18)7-15(6-11)21-9-12-2-3-13(17)8-16(12)19/h2-3,5-8,10H,4,9,20H2,1H3. The van der Waals surface area contributed by atoms with Crippen molar-refractivity contribution < 1.29 is 17.9 Å². The van der Waals surface area contributed by atoms with E-state index in [4.69, 9.17) is 10.5 Å². The zero-order chi connectivity index (χ0) is 15.4. The van der Waals surface area contributed by atoms with Crippen LogP contribution in [0.3, 0.4) is 0 Å². The van der Waals surface area contributed by atoms with E-state index in [9.17, 15) is 13.2 Å². The summed E-state index contributed by atoms with van der Waals surface area (Å²) in [7, 11) is 0. The number of hydrogen-bond donors (Lipinski definition) is 1. The largest absolute Gasteiger partial charge is 0.489 e. The van der Waals surface area contributed by atoms with Gasteiger partial charge in [-0.3, -0.25) is 0 Å². The van der Waals surface area contributed by atoms with E-state index < -0.39 is 17.5 Å². The van der Waals surface area contributed by atoms with Gasteiger partial charge in [0, 0.05) is 23.7 Å². The molecular weight excluding hydrogens is 279 g/mol. The van der Waals surface area contributed by atoms with Gasteiger partial charge in [0.05, 0.1) is 0 Å². The number of nitrogens with two attached hydrogens (primary N) is 1. The summed E-state index contributed by atoms with van der Waals surface area (Å²) < 4.78 is 45.1. The maximum atomic E-state index is 13.5. The molecule has 1 unspecified atom stereocenters. The molecule has 2 N–H and O–H groups in total. The summed E-state index contributed by atoms with van der Waals surface area (Å²) in [5.41, 5.74) is 6.59. The van der Waals surface area contributed by atoms with Crippen molar-refractivity contribution in [2.75, 3.05) is 0 Å². The van der Waals surface area contributed by atoms with E-state index in [1.165, 1.54) is 18.2 Å². The van der Waals surface area contributed by atoms with Crippen molar-refractivity contribution in [1.29, 1.82) is 0 Å². The molecule has 0 aliphatic carbocycles. The van der Waals surface area contributed by atoms with Crippen LogP contribution in [-0.4, -0.2) is 6.04 Å². The van der Waals surface area contributed by atoms with Crippen LogP contribution in [0.15, 0.2) is 36.4 Å². The molecule has 0 aliphatic heterocycles. The van der Waals surface area contributed by atoms with Crippen LogP contribution in [0, 0.1) is 17.5 Å². The predicted octanol–water partition coefficient (Wildman–Crippen LogP) is 3.57. The maximum absolute atomic E-state index is 13.5. The van der Waals surface area contributed by atoms with Gasteiger partial charge in [-0.1, -0.05) is 0 Å². The summed E-state index contributed by atoms with van der Waals surface area (Å²) in [6.07, 6.45) is 0.513. The van der Waals surface area contributed by atoms with Gasteiger partial charge in [-0.25, -0.2) is 13.2 Å². The Balaban J connectivity index is 2.10. The highest BCUT2D eigenvalue weighted by molar-refractivity contribution is 5.30. The summed E-state index contributed by atoms with van der Waals surface area (Å²) in [4.78, 5) is 0. The van der Waals surface area contributed by atoms with E-state index in [0.29, 0.717) is 12.0 Å². The molecule has 0 aromatic heterocycles. The van der Waals surface area contributed by atoms with Crippen LogP contribution in [0.5, 0.6) is 5.75 Å². The van der Waals surface area contributed by atoms with Crippen molar-refractivity contribution in [3.63, 3.8) is 0 Å². The zero-order valence-electron chi connectivity index (χ0n) is 11.6. The lowest BCUT2D eigenvalue weighted by Gasteiger charge is -2.10. The van der Waals surface area contributed by atoms with Gasteiger partial charge < -0.3 is 10.5 Å². The van der Waals surface area contributed by atoms with Crippen LogP contribution < -0.4 is 10.5 Å². The predicted molar refractivity (Wildman–Crippen MR) is 74.4 cm³/mol. The first-order valence-corrected chi connectivity index (χ1v) is 6.56. The first-order valence-electron chi connectivity index (χ1n) is 6.56. The number of rotatable bonds is 5. The fourth-order valence-corrected chi connectivity index (χ4v) is 1.99. The minimum Gasteiger partial charge on any atom is -0.489 e. The third kappa shape index (κ3) is 4.49. The Bertz CT molecular complexity index is 629. The molecule has 0 saturated carbocycles. The summed E-state index contributed by atoms with van der Waals surface area (Å²) >= 11 is 0. The van der Waals surface area contributed by atoms with Crippen molar-refractivity contribution in [2.24, 2.45) is 5.73 Å². The number of hydrogen-bond acceptors (Lipinski definition) is 2. The Morgan fingerprint density at radius 1 is 1.05 bits per heavy atom. The van der Waals surface area contributed by atoms with Crippen LogP contribution in [0.4, 0.5) is 13.2 Å². The molecule has 21 heavy (non-hydrogen) atoms. The summed E-state index contributed by atoms with van der Waals surface area (Å²) in [5.74, 6) is -1.50. The van der Waals surface area contributed by atoms with Gasteiger partial charge in [-0.2, -0.15) is 0 Å². The molecule has 0 amide bonds. The van der Waals surface area contributed by atoms with Gasteiger partial charge in [-0.05, 0) is 43.2 Å². The van der Waals surface area contributed by atoms with Crippen LogP contribution in [-0.2, 0) is 13.0 Å². The van der Waals surface area contributed by atoms with Gasteiger partial charge >= 0.3 is 0 Å². The minimum absolute atomic E-state index is 0.103. The molecule has 5 heteroatoms. The van der Waals surface area contributed by atoms with E-state index in [2.05, 4.69) is 0 Å². The Hall–Kier alpha value is -2.01. The van der Waals surface area contributed by atoms with Crippen molar-refractivity contribution in [3.8, 4) is 5.75 Å². The van der Waals surface area contributed by atoms with Gasteiger partial charge in [0.25, 0.3) is 0 Å². The van der Waals surface area contributed by atoms with E-state index in [-0.39, 0.29) is 24.0 Å². The molecule has 2 aromatic carbocycles. The maximum Gasteiger partial charge on any atom is 0.132 e. The van der Waals surface area contributed by atoms with Crippen molar-refractivity contribution in [2.45, 2.75) is 26.0 Å². The molecule has 2 aromatic rings. The second-order valence-electron chi connectivity index (χ2n) is 5.00. The van der Waals surface area contributed by atoms with Crippen LogP contribution in [0.1, 0.15) is 18.1 Å². The van der Waals surface area contributed by atoms with Crippen molar-refractivity contribution >= 4 is 0 Å². The van der Waals surface area contributed by atoms with Gasteiger partial charge in [0.15, 0.2) is 0 Å². The third-order valence-corrected chi connectivity index (χ3v) is 2.90. The molecular formula is C16H16F3NO. The average molecular weight is 295 g/mol. The van der Waals surface area contributed by atoms with E-state index in [1.54, 1.807) is 6.07 Å². The summed E-state index contributed by atoms with van der Waals surface area (Å²) in [6.45, 7) is 1.71. The highest BCUT2D eigenvalue weighted by atomic mass is 19.1. The van der Waals surface area contributed by atoms with E-state index in [1.807, 2.05) is 6.92 Å². The molecule has 2 nitrogen and oxygen atoms in total. The quantitative estimate of drug-likeness (QED) is 0.915. The lowest BCUT2D eigenvalue weighted by atomic mass is 10.1. The summed E-state index contributed by atoms with van der Waals surface area (Å²) in [5, 5.41) is 0. The molecule has 112 valence electrons. The molecule has 0 bridgehead atoms. The fourth-order valence-electron chi connectivity index (χ4n) is 1.99. The van der Waals surface area contributed by atoms with Crippen LogP contribution in [0.2, 0.25) is 0 Å². The van der Waals surface area contributed by atoms with Gasteiger partial charge in [-0.15, -0.1) is 0 Å². The topological polar surface area (TPSA) is 35.2 Å². The third-order valence-electron chi connectivity index (χ3n) is 2.90. The fraction of sp³-hybridized carbons (Fsp3) is 0.250. The van der Waals surface area contributed by atoms with Crippen LogP contribution >= 0.6 is 0 Å². The molecule has 0 aliphatic rings. The van der Waals surface area contributed by atoms with Crippen molar-refractivity contribution in [3.05, 3.63) is 65.0 Å². The Morgan fingerprint density at radius 3 is 2.48 bits per heavy atom. The normalized spacial score (nSPS) is 12.2. The second kappa shape index (κ2) is 6.63. The first-order chi connectivity index (χ1) is 9.94. The molecule has 0 saturated heterocycles. The number of benzene rings is 2. The Kier molecular flexibility index (Phi) is 4.85. The summed E-state index contributed by atoms with van der Waals surface area (Å²) in [6, 6.07) is 7.39. The smallest absolute Gasteiger partial charge is 0.132 e. The Labute approximate surface area is 121 Å². The second-order valence-corrected chi connectivity index (χ2v) is 5.00. The zero-order valence-corrected chi connectivity index (χ0v) is 11.6. The SMILES string of the molecule is CC(N)Cc1cc(F)cc(OCc2ccc(F)cc2F)c1. The monoisotopic (exact) mass is 295 g/mol. The number of ether oxygens (including phenoxy) is 1. The molecule has 0 radical (unpaired) electrons. The molecule has 1 atom stereocenters. The molecule has 0 heterocycles. The number of halogens is 3. The lowest BCUT2D eigenvalue weighted by molar-refractivity contribution is 0.297. The van der Waals surface area contributed by atoms with Crippen molar-refractivity contribution in [1.82, 2.24) is 0 Å². The minimum atomic E-state index is -0.692. The molecule has 0 spiro atoms. The highest BCUT2D eigenvalue weighted by Gasteiger charge is 2.07. The average Bonchev–Trinajstić information content (AvgIpc) is 2.36. The van der Waals surface area contributed by atoms with E-state index >= 15 is 0 Å².